The van der Waals surface area contributed by atoms with Gasteiger partial charge in [-0.1, -0.05) is 60.9 Å². The Morgan fingerprint density at radius 2 is 1.08 bits per heavy atom. The summed E-state index contributed by atoms with van der Waals surface area (Å²) >= 11 is 0. The Kier molecular flexibility index (Phi) is 6.24. The van der Waals surface area contributed by atoms with E-state index in [1.807, 2.05) is 13.8 Å². The van der Waals surface area contributed by atoms with Gasteiger partial charge in [-0.3, -0.25) is 0 Å². The maximum Gasteiger partial charge on any atom is 0.0954 e. The van der Waals surface area contributed by atoms with Crippen molar-refractivity contribution in [1.29, 1.82) is 0 Å². The van der Waals surface area contributed by atoms with E-state index in [4.69, 9.17) is 0 Å². The molecule has 0 aromatic heterocycles. The second-order valence-electron chi connectivity index (χ2n) is 3.59. The first kappa shape index (κ1) is 12.2. The normalized spacial score (nSPS) is 14.5. The van der Waals surface area contributed by atoms with Crippen molar-refractivity contribution in [2.45, 2.75) is 26.9 Å². The lowest BCUT2D eigenvalue weighted by Crippen LogP contribution is -2.18. The second kappa shape index (κ2) is 6.67. The third kappa shape index (κ3) is 7.53. The first-order valence-electron chi connectivity index (χ1n) is 4.73. The van der Waals surface area contributed by atoms with Crippen molar-refractivity contribution >= 4 is 8.07 Å². The average Bonchev–Trinajstić information content (AvgIpc) is 2.05. The molecule has 0 fully saturated rings. The van der Waals surface area contributed by atoms with E-state index in [9.17, 15) is 0 Å². The SMILES string of the molecule is CC=CC=C[Si](C)(C)C=CC=CC. The maximum atomic E-state index is 2.33. The lowest BCUT2D eigenvalue weighted by molar-refractivity contribution is 1.72. The van der Waals surface area contributed by atoms with Gasteiger partial charge in [0.2, 0.25) is 0 Å². The summed E-state index contributed by atoms with van der Waals surface area (Å²) in [6.45, 7) is 8.73. The van der Waals surface area contributed by atoms with Crippen LogP contribution in [0.2, 0.25) is 13.1 Å². The zero-order valence-electron chi connectivity index (χ0n) is 9.12. The molecule has 0 rings (SSSR count). The molecule has 0 aromatic rings. The fourth-order valence-electron chi connectivity index (χ4n) is 0.885. The fourth-order valence-corrected chi connectivity index (χ4v) is 2.21. The van der Waals surface area contributed by atoms with E-state index < -0.39 is 8.07 Å². The first-order valence-corrected chi connectivity index (χ1v) is 7.89. The van der Waals surface area contributed by atoms with E-state index in [1.54, 1.807) is 0 Å². The molecule has 0 bridgehead atoms. The third-order valence-electron chi connectivity index (χ3n) is 1.66. The summed E-state index contributed by atoms with van der Waals surface area (Å²) in [5, 5.41) is 0. The van der Waals surface area contributed by atoms with Gasteiger partial charge < -0.3 is 0 Å². The Bertz CT molecular complexity index is 206. The Hall–Kier alpha value is -0.823. The summed E-state index contributed by atoms with van der Waals surface area (Å²) < 4.78 is 0. The Labute approximate surface area is 83.4 Å². The molecule has 0 nitrogen and oxygen atoms in total. The van der Waals surface area contributed by atoms with Gasteiger partial charge >= 0.3 is 0 Å². The summed E-state index contributed by atoms with van der Waals surface area (Å²) in [6, 6.07) is 0. The Morgan fingerprint density at radius 3 is 1.38 bits per heavy atom. The summed E-state index contributed by atoms with van der Waals surface area (Å²) in [4.78, 5) is 0. The van der Waals surface area contributed by atoms with Gasteiger partial charge in [0.15, 0.2) is 0 Å². The molecule has 0 aliphatic rings. The molecule has 13 heavy (non-hydrogen) atoms. The molecule has 0 amide bonds. The van der Waals surface area contributed by atoms with Crippen LogP contribution in [0.15, 0.2) is 47.9 Å². The minimum atomic E-state index is -1.24. The van der Waals surface area contributed by atoms with Gasteiger partial charge in [0.05, 0.1) is 8.07 Å². The van der Waals surface area contributed by atoms with Crippen molar-refractivity contribution in [3.8, 4) is 0 Å². The first-order chi connectivity index (χ1) is 6.12. The second-order valence-corrected chi connectivity index (χ2v) is 7.90. The highest BCUT2D eigenvalue weighted by molar-refractivity contribution is 6.86. The molecule has 0 N–H and O–H groups in total. The van der Waals surface area contributed by atoms with Gasteiger partial charge in [-0.25, -0.2) is 0 Å². The van der Waals surface area contributed by atoms with Crippen LogP contribution in [0.4, 0.5) is 0 Å². The van der Waals surface area contributed by atoms with Crippen LogP contribution in [-0.4, -0.2) is 8.07 Å². The quantitative estimate of drug-likeness (QED) is 0.466. The molecule has 0 radical (unpaired) electrons. The van der Waals surface area contributed by atoms with Gasteiger partial charge in [0.1, 0.15) is 0 Å². The summed E-state index contributed by atoms with van der Waals surface area (Å²) in [5.41, 5.74) is 4.65. The Morgan fingerprint density at radius 1 is 0.692 bits per heavy atom. The largest absolute Gasteiger partial charge is 0.0954 e. The van der Waals surface area contributed by atoms with Crippen molar-refractivity contribution in [2.24, 2.45) is 0 Å². The van der Waals surface area contributed by atoms with Crippen molar-refractivity contribution < 1.29 is 0 Å². The van der Waals surface area contributed by atoms with E-state index in [-0.39, 0.29) is 0 Å². The van der Waals surface area contributed by atoms with E-state index in [2.05, 4.69) is 60.9 Å². The molecular weight excluding hydrogens is 172 g/mol. The number of hydrogen-bond donors (Lipinski definition) is 0. The van der Waals surface area contributed by atoms with Crippen LogP contribution in [-0.2, 0) is 0 Å². The Balaban J connectivity index is 4.22. The van der Waals surface area contributed by atoms with Gasteiger partial charge in [-0.2, -0.15) is 0 Å². The van der Waals surface area contributed by atoms with Crippen molar-refractivity contribution in [2.75, 3.05) is 0 Å². The van der Waals surface area contributed by atoms with E-state index in [0.717, 1.165) is 0 Å². The highest BCUT2D eigenvalue weighted by atomic mass is 28.3. The summed E-state index contributed by atoms with van der Waals surface area (Å²) in [7, 11) is -1.24. The van der Waals surface area contributed by atoms with Crippen molar-refractivity contribution in [3.63, 3.8) is 0 Å². The van der Waals surface area contributed by atoms with E-state index >= 15 is 0 Å². The van der Waals surface area contributed by atoms with Gasteiger partial charge in [-0.05, 0) is 13.8 Å². The predicted octanol–water partition coefficient (Wildman–Crippen LogP) is 4.04. The van der Waals surface area contributed by atoms with Crippen LogP contribution in [0.25, 0.3) is 0 Å². The lowest BCUT2D eigenvalue weighted by Gasteiger charge is -2.09. The molecule has 0 aliphatic carbocycles. The maximum absolute atomic E-state index is 2.33. The zero-order valence-corrected chi connectivity index (χ0v) is 10.1. The monoisotopic (exact) mass is 192 g/mol. The van der Waals surface area contributed by atoms with Crippen LogP contribution in [0.1, 0.15) is 13.8 Å². The predicted molar refractivity (Wildman–Crippen MR) is 65.4 cm³/mol. The van der Waals surface area contributed by atoms with Crippen LogP contribution < -0.4 is 0 Å². The molecule has 1 heteroatoms. The standard InChI is InChI=1S/C12H20Si/c1-5-7-9-11-13(3,4)12-10-8-6-2/h5-12H,1-4H3. The number of hydrogen-bond acceptors (Lipinski definition) is 0. The molecular formula is C12H20Si. The van der Waals surface area contributed by atoms with Gasteiger partial charge in [0, 0.05) is 0 Å². The highest BCUT2D eigenvalue weighted by Gasteiger charge is 2.09. The summed E-state index contributed by atoms with van der Waals surface area (Å²) in [6.07, 6.45) is 12.6. The number of allylic oxidation sites excluding steroid dienone is 6. The zero-order chi connectivity index (χ0) is 10.2. The van der Waals surface area contributed by atoms with E-state index in [1.165, 1.54) is 0 Å². The van der Waals surface area contributed by atoms with Gasteiger partial charge in [-0.15, -0.1) is 0 Å². The van der Waals surface area contributed by atoms with Crippen LogP contribution in [0, 0.1) is 0 Å². The molecule has 0 heterocycles. The minimum Gasteiger partial charge on any atom is -0.0908 e. The molecule has 0 spiro atoms. The minimum absolute atomic E-state index is 1.24. The molecule has 0 aliphatic heterocycles. The molecule has 0 aromatic carbocycles. The lowest BCUT2D eigenvalue weighted by atomic mass is 10.5. The van der Waals surface area contributed by atoms with Crippen molar-refractivity contribution in [1.82, 2.24) is 0 Å². The van der Waals surface area contributed by atoms with Gasteiger partial charge in [0.25, 0.3) is 0 Å². The third-order valence-corrected chi connectivity index (χ3v) is 3.76. The molecule has 0 unspecified atom stereocenters. The van der Waals surface area contributed by atoms with E-state index in [0.29, 0.717) is 0 Å². The number of rotatable bonds is 4. The molecule has 0 saturated heterocycles. The summed E-state index contributed by atoms with van der Waals surface area (Å²) in [5.74, 6) is 0. The average molecular weight is 192 g/mol. The molecule has 0 atom stereocenters. The molecule has 72 valence electrons. The topological polar surface area (TPSA) is 0 Å². The van der Waals surface area contributed by atoms with Crippen LogP contribution in [0.3, 0.4) is 0 Å². The smallest absolute Gasteiger partial charge is 0.0908 e. The fraction of sp³-hybridized carbons (Fsp3) is 0.333. The molecule has 0 saturated carbocycles. The van der Waals surface area contributed by atoms with Crippen molar-refractivity contribution in [3.05, 3.63) is 47.9 Å². The van der Waals surface area contributed by atoms with Crippen LogP contribution in [0.5, 0.6) is 0 Å². The highest BCUT2D eigenvalue weighted by Crippen LogP contribution is 2.06. The van der Waals surface area contributed by atoms with Crippen LogP contribution >= 0.6 is 0 Å².